The maximum atomic E-state index is 11.4. The molecule has 14 heavy (non-hydrogen) atoms. The molecule has 0 spiro atoms. The van der Waals surface area contributed by atoms with Crippen LogP contribution in [0.4, 0.5) is 4.79 Å². The van der Waals surface area contributed by atoms with Gasteiger partial charge >= 0.3 is 6.03 Å². The van der Waals surface area contributed by atoms with Gasteiger partial charge in [0, 0.05) is 24.4 Å². The summed E-state index contributed by atoms with van der Waals surface area (Å²) < 4.78 is 1.38. The van der Waals surface area contributed by atoms with Gasteiger partial charge < -0.3 is 10.4 Å². The van der Waals surface area contributed by atoms with Crippen LogP contribution in [0.25, 0.3) is 0 Å². The average molecular weight is 195 g/mol. The predicted molar refractivity (Wildman–Crippen MR) is 49.8 cm³/mol. The monoisotopic (exact) mass is 195 g/mol. The van der Waals surface area contributed by atoms with Crippen molar-refractivity contribution in [1.82, 2.24) is 14.9 Å². The van der Waals surface area contributed by atoms with Crippen molar-refractivity contribution in [2.75, 3.05) is 13.2 Å². The zero-order valence-electron chi connectivity index (χ0n) is 7.81. The van der Waals surface area contributed by atoms with E-state index >= 15 is 0 Å². The molecule has 5 heteroatoms. The highest BCUT2D eigenvalue weighted by Crippen LogP contribution is 2.44. The molecule has 1 aliphatic carbocycles. The summed E-state index contributed by atoms with van der Waals surface area (Å²) >= 11 is 0. The standard InChI is InChI=1S/C9H13N3O2/c13-6-9(1-2-9)5-11-8(14)12-4-3-10-7-12/h3-4,7,13H,1-2,5-6H2,(H,11,14). The van der Waals surface area contributed by atoms with Crippen LogP contribution in [0.5, 0.6) is 0 Å². The molecular formula is C9H13N3O2. The number of aliphatic hydroxyl groups excluding tert-OH is 1. The van der Waals surface area contributed by atoms with Crippen LogP contribution in [0.1, 0.15) is 12.8 Å². The Kier molecular flexibility index (Phi) is 2.25. The molecule has 1 amide bonds. The van der Waals surface area contributed by atoms with Crippen molar-refractivity contribution in [3.05, 3.63) is 18.7 Å². The van der Waals surface area contributed by atoms with Crippen LogP contribution in [0.3, 0.4) is 0 Å². The number of carbonyl (C=O) groups excluding carboxylic acids is 1. The van der Waals surface area contributed by atoms with E-state index in [1.54, 1.807) is 12.4 Å². The summed E-state index contributed by atoms with van der Waals surface area (Å²) in [5.74, 6) is 0. The van der Waals surface area contributed by atoms with E-state index in [0.717, 1.165) is 12.8 Å². The molecule has 5 nitrogen and oxygen atoms in total. The number of imidazole rings is 1. The third-order valence-corrected chi connectivity index (χ3v) is 2.65. The van der Waals surface area contributed by atoms with E-state index in [2.05, 4.69) is 10.3 Å². The minimum absolute atomic E-state index is 0.0454. The van der Waals surface area contributed by atoms with Crippen molar-refractivity contribution in [1.29, 1.82) is 0 Å². The lowest BCUT2D eigenvalue weighted by Gasteiger charge is -2.12. The van der Waals surface area contributed by atoms with Gasteiger partial charge in [-0.3, -0.25) is 4.57 Å². The number of nitrogens with zero attached hydrogens (tertiary/aromatic N) is 2. The summed E-state index contributed by atoms with van der Waals surface area (Å²) in [6, 6.07) is -0.192. The van der Waals surface area contributed by atoms with Crippen molar-refractivity contribution in [3.8, 4) is 0 Å². The zero-order chi connectivity index (χ0) is 10.0. The molecule has 1 aromatic heterocycles. The summed E-state index contributed by atoms with van der Waals surface area (Å²) in [5.41, 5.74) is -0.0454. The van der Waals surface area contributed by atoms with E-state index in [-0.39, 0.29) is 18.1 Å². The molecular weight excluding hydrogens is 182 g/mol. The highest BCUT2D eigenvalue weighted by molar-refractivity contribution is 5.76. The number of aromatic nitrogens is 2. The summed E-state index contributed by atoms with van der Waals surface area (Å²) in [6.45, 7) is 0.692. The Bertz CT molecular complexity index is 317. The van der Waals surface area contributed by atoms with Gasteiger partial charge in [-0.2, -0.15) is 0 Å². The molecule has 0 aliphatic heterocycles. The van der Waals surface area contributed by atoms with Crippen LogP contribution < -0.4 is 5.32 Å². The summed E-state index contributed by atoms with van der Waals surface area (Å²) in [7, 11) is 0. The fourth-order valence-electron chi connectivity index (χ4n) is 1.30. The Hall–Kier alpha value is -1.36. The minimum atomic E-state index is -0.192. The first-order valence-corrected chi connectivity index (χ1v) is 4.63. The molecule has 2 N–H and O–H groups in total. The van der Waals surface area contributed by atoms with Gasteiger partial charge in [0.25, 0.3) is 0 Å². The topological polar surface area (TPSA) is 67.2 Å². The molecule has 1 fully saturated rings. The van der Waals surface area contributed by atoms with Gasteiger partial charge in [0.2, 0.25) is 0 Å². The normalized spacial score (nSPS) is 17.8. The number of nitrogens with one attached hydrogen (secondary N) is 1. The lowest BCUT2D eigenvalue weighted by molar-refractivity contribution is 0.203. The molecule has 0 saturated heterocycles. The molecule has 76 valence electrons. The lowest BCUT2D eigenvalue weighted by Crippen LogP contribution is -2.34. The molecule has 0 atom stereocenters. The highest BCUT2D eigenvalue weighted by atomic mass is 16.3. The van der Waals surface area contributed by atoms with Gasteiger partial charge in [-0.1, -0.05) is 0 Å². The SMILES string of the molecule is O=C(NCC1(CO)CC1)n1ccnc1. The number of amides is 1. The first-order valence-electron chi connectivity index (χ1n) is 4.63. The maximum absolute atomic E-state index is 11.4. The smallest absolute Gasteiger partial charge is 0.326 e. The fourth-order valence-corrected chi connectivity index (χ4v) is 1.30. The van der Waals surface area contributed by atoms with E-state index < -0.39 is 0 Å². The molecule has 1 aliphatic rings. The summed E-state index contributed by atoms with van der Waals surface area (Å²) in [4.78, 5) is 15.2. The van der Waals surface area contributed by atoms with E-state index in [9.17, 15) is 4.79 Å². The lowest BCUT2D eigenvalue weighted by atomic mass is 10.1. The Morgan fingerprint density at radius 2 is 2.43 bits per heavy atom. The number of rotatable bonds is 3. The summed E-state index contributed by atoms with van der Waals surface area (Å²) in [6.07, 6.45) is 6.58. The van der Waals surface area contributed by atoms with Crippen LogP contribution in [0.15, 0.2) is 18.7 Å². The highest BCUT2D eigenvalue weighted by Gasteiger charge is 2.42. The fraction of sp³-hybridized carbons (Fsp3) is 0.556. The molecule has 0 aromatic carbocycles. The minimum Gasteiger partial charge on any atom is -0.396 e. The second-order valence-electron chi connectivity index (χ2n) is 3.79. The molecule has 2 rings (SSSR count). The quantitative estimate of drug-likeness (QED) is 0.724. The van der Waals surface area contributed by atoms with Crippen LogP contribution in [0, 0.1) is 5.41 Å². The number of carbonyl (C=O) groups is 1. The van der Waals surface area contributed by atoms with Crippen molar-refractivity contribution >= 4 is 6.03 Å². The molecule has 1 heterocycles. The Morgan fingerprint density at radius 1 is 1.64 bits per heavy atom. The third kappa shape index (κ3) is 1.77. The Labute approximate surface area is 81.8 Å². The Morgan fingerprint density at radius 3 is 2.93 bits per heavy atom. The van der Waals surface area contributed by atoms with Gasteiger partial charge in [0.1, 0.15) is 6.33 Å². The first-order chi connectivity index (χ1) is 6.76. The predicted octanol–water partition coefficient (Wildman–Crippen LogP) is 0.213. The van der Waals surface area contributed by atoms with E-state index in [1.807, 2.05) is 0 Å². The van der Waals surface area contributed by atoms with Gasteiger partial charge in [-0.15, -0.1) is 0 Å². The van der Waals surface area contributed by atoms with Gasteiger partial charge in [-0.05, 0) is 12.8 Å². The second kappa shape index (κ2) is 3.42. The average Bonchev–Trinajstić information content (AvgIpc) is 2.78. The summed E-state index contributed by atoms with van der Waals surface area (Å²) in [5, 5.41) is 11.8. The van der Waals surface area contributed by atoms with Gasteiger partial charge in [-0.25, -0.2) is 9.78 Å². The van der Waals surface area contributed by atoms with Crippen LogP contribution >= 0.6 is 0 Å². The molecule has 0 bridgehead atoms. The number of hydrogen-bond donors (Lipinski definition) is 2. The Balaban J connectivity index is 1.84. The van der Waals surface area contributed by atoms with Gasteiger partial charge in [0.05, 0.1) is 6.61 Å². The van der Waals surface area contributed by atoms with Crippen LogP contribution in [-0.4, -0.2) is 33.8 Å². The molecule has 1 saturated carbocycles. The van der Waals surface area contributed by atoms with E-state index in [1.165, 1.54) is 10.9 Å². The van der Waals surface area contributed by atoms with E-state index in [0.29, 0.717) is 6.54 Å². The van der Waals surface area contributed by atoms with Gasteiger partial charge in [0.15, 0.2) is 0 Å². The second-order valence-corrected chi connectivity index (χ2v) is 3.79. The van der Waals surface area contributed by atoms with Crippen molar-refractivity contribution in [2.24, 2.45) is 5.41 Å². The number of hydrogen-bond acceptors (Lipinski definition) is 3. The largest absolute Gasteiger partial charge is 0.396 e. The number of aliphatic hydroxyl groups is 1. The molecule has 0 unspecified atom stereocenters. The molecule has 1 aromatic rings. The van der Waals surface area contributed by atoms with Crippen LogP contribution in [-0.2, 0) is 0 Å². The zero-order valence-corrected chi connectivity index (χ0v) is 7.81. The van der Waals surface area contributed by atoms with Crippen LogP contribution in [0.2, 0.25) is 0 Å². The first kappa shape index (κ1) is 9.21. The maximum Gasteiger partial charge on any atom is 0.326 e. The molecule has 0 radical (unpaired) electrons. The van der Waals surface area contributed by atoms with Crippen molar-refractivity contribution < 1.29 is 9.90 Å². The van der Waals surface area contributed by atoms with Crippen molar-refractivity contribution in [2.45, 2.75) is 12.8 Å². The van der Waals surface area contributed by atoms with E-state index in [4.69, 9.17) is 5.11 Å². The van der Waals surface area contributed by atoms with Crippen molar-refractivity contribution in [3.63, 3.8) is 0 Å². The third-order valence-electron chi connectivity index (χ3n) is 2.65.